The van der Waals surface area contributed by atoms with Crippen LogP contribution >= 0.6 is 11.6 Å². The molecule has 3 aromatic rings. The molecule has 3 aromatic carbocycles. The van der Waals surface area contributed by atoms with Gasteiger partial charge in [-0.15, -0.1) is 0 Å². The van der Waals surface area contributed by atoms with Crippen molar-refractivity contribution in [3.8, 4) is 0 Å². The van der Waals surface area contributed by atoms with Gasteiger partial charge in [0.1, 0.15) is 12.2 Å². The van der Waals surface area contributed by atoms with E-state index in [1.165, 1.54) is 0 Å². The summed E-state index contributed by atoms with van der Waals surface area (Å²) >= 11 is 6.09. The molecule has 2 atom stereocenters. The van der Waals surface area contributed by atoms with Crippen molar-refractivity contribution in [1.29, 1.82) is 0 Å². The molecule has 2 saturated heterocycles. The van der Waals surface area contributed by atoms with E-state index in [0.717, 1.165) is 16.7 Å². The molecule has 2 fully saturated rings. The summed E-state index contributed by atoms with van der Waals surface area (Å²) in [5, 5.41) is 6.83. The lowest BCUT2D eigenvalue weighted by molar-refractivity contribution is -0.186. The highest BCUT2D eigenvalue weighted by molar-refractivity contribution is 6.30. The van der Waals surface area contributed by atoms with E-state index in [0.29, 0.717) is 31.0 Å². The van der Waals surface area contributed by atoms with Crippen LogP contribution in [0.2, 0.25) is 5.02 Å². The molecule has 39 heavy (non-hydrogen) atoms. The summed E-state index contributed by atoms with van der Waals surface area (Å²) < 4.78 is 0. The Kier molecular flexibility index (Phi) is 8.14. The third-order valence-electron chi connectivity index (χ3n) is 7.29. The predicted octanol–water partition coefficient (Wildman–Crippen LogP) is 3.56. The van der Waals surface area contributed by atoms with Crippen molar-refractivity contribution in [3.05, 3.63) is 107 Å². The van der Waals surface area contributed by atoms with Crippen LogP contribution in [0.5, 0.6) is 0 Å². The van der Waals surface area contributed by atoms with E-state index in [1.54, 1.807) is 39.0 Å². The first-order chi connectivity index (χ1) is 18.9. The highest BCUT2D eigenvalue weighted by Gasteiger charge is 2.50. The molecule has 4 amide bonds. The SMILES string of the molecule is CN1CC(=O)N2[C@@H](Cc3ccc(Cl)cc3)C(=O)N(CCc3ccccc3)C[C@@H]2N1C(=O)NCc1ccccc1. The van der Waals surface area contributed by atoms with Crippen molar-refractivity contribution in [2.75, 3.05) is 26.7 Å². The number of carbonyl (C=O) groups excluding carboxylic acids is 3. The second kappa shape index (κ2) is 11.9. The third-order valence-corrected chi connectivity index (χ3v) is 7.54. The fourth-order valence-electron chi connectivity index (χ4n) is 5.31. The molecule has 5 rings (SSSR count). The molecule has 2 heterocycles. The van der Waals surface area contributed by atoms with Crippen LogP contribution in [0.15, 0.2) is 84.9 Å². The number of piperazine rings is 1. The van der Waals surface area contributed by atoms with Crippen molar-refractivity contribution in [3.63, 3.8) is 0 Å². The first-order valence-corrected chi connectivity index (χ1v) is 13.5. The van der Waals surface area contributed by atoms with Crippen molar-refractivity contribution >= 4 is 29.4 Å². The first kappa shape index (κ1) is 26.7. The molecule has 0 saturated carbocycles. The number of nitrogens with one attached hydrogen (secondary N) is 1. The largest absolute Gasteiger partial charge is 0.337 e. The van der Waals surface area contributed by atoms with Gasteiger partial charge in [0.05, 0.1) is 13.1 Å². The van der Waals surface area contributed by atoms with Crippen LogP contribution in [0.1, 0.15) is 16.7 Å². The Bertz CT molecular complexity index is 1310. The van der Waals surface area contributed by atoms with E-state index in [1.807, 2.05) is 72.8 Å². The summed E-state index contributed by atoms with van der Waals surface area (Å²) in [4.78, 5) is 44.2. The molecule has 0 aliphatic carbocycles. The lowest BCUT2D eigenvalue weighted by atomic mass is 9.98. The molecule has 1 N–H and O–H groups in total. The number of hydrogen-bond acceptors (Lipinski definition) is 4. The maximum absolute atomic E-state index is 13.9. The third kappa shape index (κ3) is 6.08. The van der Waals surface area contributed by atoms with Crippen LogP contribution in [0.25, 0.3) is 0 Å². The second-order valence-corrected chi connectivity index (χ2v) is 10.4. The number of likely N-dealkylation sites (N-methyl/N-ethyl adjacent to an activating group) is 1. The molecular formula is C30H32ClN5O3. The maximum atomic E-state index is 13.9. The summed E-state index contributed by atoms with van der Waals surface area (Å²) in [7, 11) is 1.73. The van der Waals surface area contributed by atoms with Crippen LogP contribution in [0.4, 0.5) is 4.79 Å². The van der Waals surface area contributed by atoms with Gasteiger partial charge in [-0.3, -0.25) is 9.59 Å². The zero-order chi connectivity index (χ0) is 27.4. The highest BCUT2D eigenvalue weighted by Crippen LogP contribution is 2.28. The Balaban J connectivity index is 1.42. The van der Waals surface area contributed by atoms with Gasteiger partial charge in [0, 0.05) is 31.6 Å². The molecule has 8 nitrogen and oxygen atoms in total. The molecule has 0 spiro atoms. The Morgan fingerprint density at radius 3 is 2.21 bits per heavy atom. The molecule has 202 valence electrons. The summed E-state index contributed by atoms with van der Waals surface area (Å²) in [5.41, 5.74) is 2.99. The van der Waals surface area contributed by atoms with Crippen LogP contribution < -0.4 is 5.32 Å². The van der Waals surface area contributed by atoms with Crippen LogP contribution in [0.3, 0.4) is 0 Å². The first-order valence-electron chi connectivity index (χ1n) is 13.1. The molecule has 0 bridgehead atoms. The molecule has 0 radical (unpaired) electrons. The number of halogens is 1. The van der Waals surface area contributed by atoms with Crippen LogP contribution in [0, 0.1) is 0 Å². The van der Waals surface area contributed by atoms with Gasteiger partial charge in [-0.25, -0.2) is 14.8 Å². The highest BCUT2D eigenvalue weighted by atomic mass is 35.5. The number of urea groups is 1. The normalized spacial score (nSPS) is 19.7. The van der Waals surface area contributed by atoms with Crippen LogP contribution in [-0.2, 0) is 29.0 Å². The molecule has 9 heteroatoms. The Labute approximate surface area is 233 Å². The van der Waals surface area contributed by atoms with Gasteiger partial charge in [-0.2, -0.15) is 0 Å². The minimum absolute atomic E-state index is 0.00364. The van der Waals surface area contributed by atoms with E-state index < -0.39 is 12.2 Å². The number of rotatable bonds is 7. The second-order valence-electron chi connectivity index (χ2n) is 9.95. The number of benzene rings is 3. The number of nitrogens with zero attached hydrogens (tertiary/aromatic N) is 4. The fourth-order valence-corrected chi connectivity index (χ4v) is 5.44. The average molecular weight is 546 g/mol. The zero-order valence-corrected chi connectivity index (χ0v) is 22.6. The minimum atomic E-state index is -0.730. The monoisotopic (exact) mass is 545 g/mol. The molecule has 0 unspecified atom stereocenters. The van der Waals surface area contributed by atoms with E-state index in [-0.39, 0.29) is 30.9 Å². The van der Waals surface area contributed by atoms with Gasteiger partial charge >= 0.3 is 6.03 Å². The van der Waals surface area contributed by atoms with Gasteiger partial charge in [-0.1, -0.05) is 84.4 Å². The van der Waals surface area contributed by atoms with Gasteiger partial charge < -0.3 is 15.1 Å². The Morgan fingerprint density at radius 1 is 0.897 bits per heavy atom. The average Bonchev–Trinajstić information content (AvgIpc) is 2.94. The van der Waals surface area contributed by atoms with Gasteiger partial charge in [0.2, 0.25) is 11.8 Å². The van der Waals surface area contributed by atoms with E-state index in [2.05, 4.69) is 5.32 Å². The summed E-state index contributed by atoms with van der Waals surface area (Å²) in [6.07, 6.45) is 0.387. The topological polar surface area (TPSA) is 76.2 Å². The van der Waals surface area contributed by atoms with Gasteiger partial charge in [0.15, 0.2) is 0 Å². The van der Waals surface area contributed by atoms with Gasteiger partial charge in [-0.05, 0) is 35.2 Å². The Morgan fingerprint density at radius 2 is 1.54 bits per heavy atom. The molecule has 2 aliphatic rings. The van der Waals surface area contributed by atoms with E-state index in [4.69, 9.17) is 11.6 Å². The predicted molar refractivity (Wildman–Crippen MR) is 149 cm³/mol. The number of hydrogen-bond donors (Lipinski definition) is 1. The zero-order valence-electron chi connectivity index (χ0n) is 21.9. The smallest absolute Gasteiger partial charge is 0.334 e. The quantitative estimate of drug-likeness (QED) is 0.492. The number of amides is 4. The van der Waals surface area contributed by atoms with Crippen molar-refractivity contribution < 1.29 is 14.4 Å². The Hall–Kier alpha value is -3.88. The van der Waals surface area contributed by atoms with E-state index >= 15 is 0 Å². The van der Waals surface area contributed by atoms with Gasteiger partial charge in [0.25, 0.3) is 0 Å². The molecule has 0 aromatic heterocycles. The number of fused-ring (bicyclic) bond motifs is 1. The summed E-state index contributed by atoms with van der Waals surface area (Å²) in [5.74, 6) is -0.288. The summed E-state index contributed by atoms with van der Waals surface area (Å²) in [6.45, 7) is 1.08. The van der Waals surface area contributed by atoms with Crippen molar-refractivity contribution in [1.82, 2.24) is 25.1 Å². The van der Waals surface area contributed by atoms with Crippen molar-refractivity contribution in [2.24, 2.45) is 0 Å². The standard InChI is InChI=1S/C30H32ClN5O3/c1-33-21-28(37)35-26(18-23-12-14-25(31)15-13-23)29(38)34(17-16-22-8-4-2-5-9-22)20-27(35)36(33)30(39)32-19-24-10-6-3-7-11-24/h2-15,26-27H,16-21H2,1H3,(H,32,39)/t26-,27-/m0/s1. The lowest BCUT2D eigenvalue weighted by Gasteiger charge is -2.54. The molecular weight excluding hydrogens is 514 g/mol. The molecule has 2 aliphatic heterocycles. The maximum Gasteiger partial charge on any atom is 0.334 e. The number of hydrazine groups is 1. The van der Waals surface area contributed by atoms with Crippen LogP contribution in [-0.4, -0.2) is 76.6 Å². The number of carbonyl (C=O) groups is 3. The van der Waals surface area contributed by atoms with E-state index in [9.17, 15) is 14.4 Å². The lowest BCUT2D eigenvalue weighted by Crippen LogP contribution is -2.76. The van der Waals surface area contributed by atoms with Crippen molar-refractivity contribution in [2.45, 2.75) is 31.6 Å². The minimum Gasteiger partial charge on any atom is -0.337 e. The fraction of sp³-hybridized carbons (Fsp3) is 0.300. The summed E-state index contributed by atoms with van der Waals surface area (Å²) in [6, 6.07) is 25.9.